The van der Waals surface area contributed by atoms with Gasteiger partial charge >= 0.3 is 0 Å². The van der Waals surface area contributed by atoms with Gasteiger partial charge in [0, 0.05) is 36.6 Å². The first-order valence-corrected chi connectivity index (χ1v) is 7.77. The van der Waals surface area contributed by atoms with Gasteiger partial charge in [0.15, 0.2) is 0 Å². The Kier molecular flexibility index (Phi) is 3.63. The Morgan fingerprint density at radius 3 is 2.50 bits per heavy atom. The summed E-state index contributed by atoms with van der Waals surface area (Å²) in [5.74, 6) is 0. The van der Waals surface area contributed by atoms with Crippen molar-refractivity contribution < 1.29 is 0 Å². The predicted octanol–water partition coefficient (Wildman–Crippen LogP) is 3.35. The average molecular weight is 313 g/mol. The highest BCUT2D eigenvalue weighted by Gasteiger charge is 2.09. The lowest BCUT2D eigenvalue weighted by Crippen LogP contribution is -2.15. The van der Waals surface area contributed by atoms with E-state index in [2.05, 4.69) is 17.1 Å². The average Bonchev–Trinajstić information content (AvgIpc) is 2.64. The third kappa shape index (κ3) is 2.70. The highest BCUT2D eigenvalue weighted by molar-refractivity contribution is 5.62. The number of pyridine rings is 2. The van der Waals surface area contributed by atoms with Crippen molar-refractivity contribution in [2.24, 2.45) is 0 Å². The van der Waals surface area contributed by atoms with E-state index in [4.69, 9.17) is 4.98 Å². The normalized spacial score (nSPS) is 10.8. The summed E-state index contributed by atoms with van der Waals surface area (Å²) in [7, 11) is 0. The molecule has 0 bridgehead atoms. The third-order valence-corrected chi connectivity index (χ3v) is 3.99. The van der Waals surface area contributed by atoms with Crippen molar-refractivity contribution in [3.63, 3.8) is 0 Å². The summed E-state index contributed by atoms with van der Waals surface area (Å²) >= 11 is 0. The Balaban J connectivity index is 1.89. The van der Waals surface area contributed by atoms with Gasteiger partial charge in [-0.05, 0) is 29.3 Å². The monoisotopic (exact) mass is 313 g/mol. The maximum Gasteiger partial charge on any atom is 0.258 e. The van der Waals surface area contributed by atoms with Crippen LogP contribution in [0.1, 0.15) is 11.1 Å². The number of hydrogen-bond donors (Lipinski definition) is 0. The molecule has 0 fully saturated rings. The zero-order chi connectivity index (χ0) is 16.4. The smallest absolute Gasteiger partial charge is 0.258 e. The van der Waals surface area contributed by atoms with E-state index >= 15 is 0 Å². The van der Waals surface area contributed by atoms with Gasteiger partial charge in [-0.15, -0.1) is 0 Å². The van der Waals surface area contributed by atoms with Gasteiger partial charge in [-0.1, -0.05) is 36.4 Å². The van der Waals surface area contributed by atoms with Crippen molar-refractivity contribution in [3.05, 3.63) is 101 Å². The van der Waals surface area contributed by atoms with Crippen LogP contribution >= 0.6 is 0 Å². The third-order valence-electron chi connectivity index (χ3n) is 3.99. The molecule has 0 aliphatic carbocycles. The molecule has 116 valence electrons. The molecular formula is C20H15N3O. The van der Waals surface area contributed by atoms with Crippen LogP contribution in [0.2, 0.25) is 0 Å². The van der Waals surface area contributed by atoms with Gasteiger partial charge in [0.2, 0.25) is 0 Å². The van der Waals surface area contributed by atoms with Crippen LogP contribution in [0.5, 0.6) is 0 Å². The van der Waals surface area contributed by atoms with Gasteiger partial charge in [-0.3, -0.25) is 14.2 Å². The fourth-order valence-corrected chi connectivity index (χ4v) is 2.81. The van der Waals surface area contributed by atoms with E-state index in [-0.39, 0.29) is 5.56 Å². The Bertz CT molecular complexity index is 1040. The molecule has 0 aliphatic heterocycles. The molecule has 4 heteroatoms. The summed E-state index contributed by atoms with van der Waals surface area (Å²) in [6.45, 7) is 0. The topological polar surface area (TPSA) is 47.3 Å². The van der Waals surface area contributed by atoms with Gasteiger partial charge in [-0.25, -0.2) is 4.98 Å². The fourth-order valence-electron chi connectivity index (χ4n) is 2.81. The second-order valence-electron chi connectivity index (χ2n) is 5.60. The van der Waals surface area contributed by atoms with Gasteiger partial charge in [0.1, 0.15) is 5.65 Å². The van der Waals surface area contributed by atoms with Crippen LogP contribution in [-0.2, 0) is 6.42 Å². The molecule has 3 heterocycles. The van der Waals surface area contributed by atoms with Crippen LogP contribution in [0.3, 0.4) is 0 Å². The zero-order valence-corrected chi connectivity index (χ0v) is 13.0. The summed E-state index contributed by atoms with van der Waals surface area (Å²) < 4.78 is 1.60. The molecule has 0 saturated carbocycles. The summed E-state index contributed by atoms with van der Waals surface area (Å²) in [4.78, 5) is 21.2. The van der Waals surface area contributed by atoms with Crippen molar-refractivity contribution in [1.82, 2.24) is 14.4 Å². The van der Waals surface area contributed by atoms with E-state index in [1.165, 1.54) is 5.56 Å². The van der Waals surface area contributed by atoms with E-state index in [0.29, 0.717) is 11.3 Å². The molecule has 0 spiro atoms. The second kappa shape index (κ2) is 6.08. The van der Waals surface area contributed by atoms with E-state index in [0.717, 1.165) is 17.5 Å². The van der Waals surface area contributed by atoms with E-state index in [1.54, 1.807) is 29.1 Å². The minimum Gasteiger partial charge on any atom is -0.269 e. The Labute approximate surface area is 139 Å². The number of rotatable bonds is 3. The standard InChI is InChI=1S/C20H15N3O/c24-19-14-18(16-8-10-21-11-9-16)22-20-17(7-4-12-23(19)20)13-15-5-2-1-3-6-15/h1-12,14H,13H2. The molecule has 0 N–H and O–H groups in total. The van der Waals surface area contributed by atoms with Crippen molar-refractivity contribution in [3.8, 4) is 11.3 Å². The quantitative estimate of drug-likeness (QED) is 0.583. The SMILES string of the molecule is O=c1cc(-c2ccncc2)nc2c(Cc3ccccc3)cccn12. The highest BCUT2D eigenvalue weighted by Crippen LogP contribution is 2.18. The summed E-state index contributed by atoms with van der Waals surface area (Å²) in [6.07, 6.45) is 5.90. The lowest BCUT2D eigenvalue weighted by molar-refractivity contribution is 1.02. The second-order valence-corrected chi connectivity index (χ2v) is 5.60. The first kappa shape index (κ1) is 14.3. The molecule has 4 aromatic rings. The Hall–Kier alpha value is -3.27. The molecule has 4 nitrogen and oxygen atoms in total. The van der Waals surface area contributed by atoms with Gasteiger partial charge < -0.3 is 0 Å². The van der Waals surface area contributed by atoms with Crippen LogP contribution in [-0.4, -0.2) is 14.4 Å². The summed E-state index contributed by atoms with van der Waals surface area (Å²) in [5.41, 5.74) is 4.38. The number of nitrogens with zero attached hydrogens (tertiary/aromatic N) is 3. The molecule has 0 aliphatic rings. The first-order chi connectivity index (χ1) is 11.8. The molecule has 0 atom stereocenters. The molecule has 0 saturated heterocycles. The minimum absolute atomic E-state index is 0.0817. The molecule has 0 amide bonds. The number of benzene rings is 1. The van der Waals surface area contributed by atoms with Crippen LogP contribution in [0.15, 0.2) is 84.0 Å². The molecular weight excluding hydrogens is 298 g/mol. The van der Waals surface area contributed by atoms with Crippen LogP contribution < -0.4 is 5.56 Å². The molecule has 4 rings (SSSR count). The minimum atomic E-state index is -0.0817. The zero-order valence-electron chi connectivity index (χ0n) is 13.0. The summed E-state index contributed by atoms with van der Waals surface area (Å²) in [5, 5.41) is 0. The van der Waals surface area contributed by atoms with Crippen LogP contribution in [0.25, 0.3) is 16.9 Å². The van der Waals surface area contributed by atoms with E-state index < -0.39 is 0 Å². The number of fused-ring (bicyclic) bond motifs is 1. The predicted molar refractivity (Wildman–Crippen MR) is 93.9 cm³/mol. The lowest BCUT2D eigenvalue weighted by Gasteiger charge is -2.09. The molecule has 1 aromatic carbocycles. The molecule has 3 aromatic heterocycles. The summed E-state index contributed by atoms with van der Waals surface area (Å²) in [6, 6.07) is 19.4. The number of hydrogen-bond acceptors (Lipinski definition) is 3. The highest BCUT2D eigenvalue weighted by atomic mass is 16.1. The maximum absolute atomic E-state index is 12.5. The van der Waals surface area contributed by atoms with Gasteiger partial charge in [0.05, 0.1) is 5.69 Å². The molecule has 0 radical (unpaired) electrons. The van der Waals surface area contributed by atoms with E-state index in [9.17, 15) is 4.79 Å². The Morgan fingerprint density at radius 2 is 1.71 bits per heavy atom. The molecule has 0 unspecified atom stereocenters. The van der Waals surface area contributed by atoms with Crippen molar-refractivity contribution in [2.45, 2.75) is 6.42 Å². The number of aromatic nitrogens is 3. The van der Waals surface area contributed by atoms with Crippen LogP contribution in [0, 0.1) is 0 Å². The largest absolute Gasteiger partial charge is 0.269 e. The molecule has 24 heavy (non-hydrogen) atoms. The van der Waals surface area contributed by atoms with Gasteiger partial charge in [-0.2, -0.15) is 0 Å². The first-order valence-electron chi connectivity index (χ1n) is 7.77. The fraction of sp³-hybridized carbons (Fsp3) is 0.0500. The van der Waals surface area contributed by atoms with Crippen molar-refractivity contribution in [1.29, 1.82) is 0 Å². The lowest BCUT2D eigenvalue weighted by atomic mass is 10.1. The van der Waals surface area contributed by atoms with Crippen molar-refractivity contribution in [2.75, 3.05) is 0 Å². The Morgan fingerprint density at radius 1 is 0.917 bits per heavy atom. The van der Waals surface area contributed by atoms with Gasteiger partial charge in [0.25, 0.3) is 5.56 Å². The van der Waals surface area contributed by atoms with E-state index in [1.807, 2.05) is 42.5 Å². The van der Waals surface area contributed by atoms with Crippen LogP contribution in [0.4, 0.5) is 0 Å². The maximum atomic E-state index is 12.5. The van der Waals surface area contributed by atoms with Crippen molar-refractivity contribution >= 4 is 5.65 Å².